The number of nitrogens with one attached hydrogen (secondary N) is 2. The molecular weight excluding hydrogens is 308 g/mol. The van der Waals surface area contributed by atoms with Crippen LogP contribution < -0.4 is 10.6 Å². The molecule has 0 unspecified atom stereocenters. The maximum atomic E-state index is 11.8. The molecule has 3 rings (SSSR count). The van der Waals surface area contributed by atoms with E-state index in [0.29, 0.717) is 12.5 Å². The summed E-state index contributed by atoms with van der Waals surface area (Å²) < 4.78 is 0. The van der Waals surface area contributed by atoms with Crippen molar-refractivity contribution in [2.24, 2.45) is 0 Å². The standard InChI is InChI=1S/C18H18N2O2S/c21-17(8-3-14-9-10-23-12-14)19-15-4-1-13(2-5-15)11-18(22)20-16-6-7-16/h1-5,8-10,12,16H,6-7,11H2,(H,19,21)(H,20,22)/b8-3+. The highest BCUT2D eigenvalue weighted by molar-refractivity contribution is 7.08. The number of hydrogen-bond donors (Lipinski definition) is 2. The van der Waals surface area contributed by atoms with Crippen molar-refractivity contribution in [2.45, 2.75) is 25.3 Å². The molecular formula is C18H18N2O2S. The maximum absolute atomic E-state index is 11.8. The van der Waals surface area contributed by atoms with E-state index in [4.69, 9.17) is 0 Å². The fourth-order valence-corrected chi connectivity index (χ4v) is 2.75. The lowest BCUT2D eigenvalue weighted by Crippen LogP contribution is -2.26. The minimum Gasteiger partial charge on any atom is -0.353 e. The Kier molecular flexibility index (Phi) is 4.88. The lowest BCUT2D eigenvalue weighted by atomic mass is 10.1. The zero-order valence-electron chi connectivity index (χ0n) is 12.6. The number of carbonyl (C=O) groups is 2. The van der Waals surface area contributed by atoms with Gasteiger partial charge in [-0.25, -0.2) is 0 Å². The first-order valence-corrected chi connectivity index (χ1v) is 8.53. The van der Waals surface area contributed by atoms with Crippen molar-refractivity contribution in [2.75, 3.05) is 5.32 Å². The summed E-state index contributed by atoms with van der Waals surface area (Å²) in [4.78, 5) is 23.6. The lowest BCUT2D eigenvalue weighted by molar-refractivity contribution is -0.120. The number of amides is 2. The number of rotatable bonds is 6. The van der Waals surface area contributed by atoms with Gasteiger partial charge >= 0.3 is 0 Å². The molecule has 2 aromatic rings. The molecule has 1 aliphatic carbocycles. The predicted octanol–water partition coefficient (Wildman–Crippen LogP) is 3.22. The molecule has 4 nitrogen and oxygen atoms in total. The number of anilines is 1. The van der Waals surface area contributed by atoms with Crippen molar-refractivity contribution < 1.29 is 9.59 Å². The van der Waals surface area contributed by atoms with Crippen molar-refractivity contribution in [3.63, 3.8) is 0 Å². The quantitative estimate of drug-likeness (QED) is 0.801. The topological polar surface area (TPSA) is 58.2 Å². The van der Waals surface area contributed by atoms with Crippen LogP contribution in [0.5, 0.6) is 0 Å². The summed E-state index contributed by atoms with van der Waals surface area (Å²) in [7, 11) is 0. The first kappa shape index (κ1) is 15.5. The van der Waals surface area contributed by atoms with E-state index in [2.05, 4.69) is 10.6 Å². The summed E-state index contributed by atoms with van der Waals surface area (Å²) in [5.41, 5.74) is 2.67. The minimum atomic E-state index is -0.171. The first-order valence-electron chi connectivity index (χ1n) is 7.58. The van der Waals surface area contributed by atoms with E-state index in [1.54, 1.807) is 17.4 Å². The van der Waals surface area contributed by atoms with Gasteiger partial charge in [-0.2, -0.15) is 11.3 Å². The van der Waals surface area contributed by atoms with Gasteiger partial charge in [0.15, 0.2) is 0 Å². The summed E-state index contributed by atoms with van der Waals surface area (Å²) in [6.45, 7) is 0. The van der Waals surface area contributed by atoms with Crippen LogP contribution in [0.1, 0.15) is 24.0 Å². The second-order valence-corrected chi connectivity index (χ2v) is 6.37. The largest absolute Gasteiger partial charge is 0.353 e. The summed E-state index contributed by atoms with van der Waals surface area (Å²) in [6, 6.07) is 9.70. The van der Waals surface area contributed by atoms with E-state index in [9.17, 15) is 9.59 Å². The van der Waals surface area contributed by atoms with Gasteiger partial charge in [-0.05, 0) is 59.0 Å². The van der Waals surface area contributed by atoms with Crippen molar-refractivity contribution in [3.05, 3.63) is 58.3 Å². The molecule has 118 valence electrons. The molecule has 0 radical (unpaired) electrons. The molecule has 1 saturated carbocycles. The highest BCUT2D eigenvalue weighted by Crippen LogP contribution is 2.19. The second-order valence-electron chi connectivity index (χ2n) is 5.59. The Morgan fingerprint density at radius 2 is 1.96 bits per heavy atom. The van der Waals surface area contributed by atoms with Crippen LogP contribution in [0.4, 0.5) is 5.69 Å². The Labute approximate surface area is 139 Å². The molecule has 5 heteroatoms. The van der Waals surface area contributed by atoms with Crippen LogP contribution in [-0.2, 0) is 16.0 Å². The van der Waals surface area contributed by atoms with Crippen molar-refractivity contribution >= 4 is 34.9 Å². The Bertz CT molecular complexity index is 701. The Morgan fingerprint density at radius 3 is 2.61 bits per heavy atom. The fraction of sp³-hybridized carbons (Fsp3) is 0.222. The van der Waals surface area contributed by atoms with E-state index in [0.717, 1.165) is 29.7 Å². The van der Waals surface area contributed by atoms with Gasteiger partial charge in [-0.15, -0.1) is 0 Å². The zero-order chi connectivity index (χ0) is 16.1. The van der Waals surface area contributed by atoms with E-state index < -0.39 is 0 Å². The van der Waals surface area contributed by atoms with Crippen molar-refractivity contribution in [1.29, 1.82) is 0 Å². The SMILES string of the molecule is O=C(/C=C/c1ccsc1)Nc1ccc(CC(=O)NC2CC2)cc1. The third-order valence-corrected chi connectivity index (χ3v) is 4.20. The van der Waals surface area contributed by atoms with E-state index in [1.165, 1.54) is 6.08 Å². The summed E-state index contributed by atoms with van der Waals surface area (Å²) >= 11 is 1.59. The fourth-order valence-electron chi connectivity index (χ4n) is 2.12. The van der Waals surface area contributed by atoms with Crippen LogP contribution in [0.2, 0.25) is 0 Å². The van der Waals surface area contributed by atoms with Gasteiger partial charge < -0.3 is 10.6 Å². The Balaban J connectivity index is 1.50. The van der Waals surface area contributed by atoms with E-state index >= 15 is 0 Å². The third kappa shape index (κ3) is 5.07. The van der Waals surface area contributed by atoms with Crippen molar-refractivity contribution in [3.8, 4) is 0 Å². The van der Waals surface area contributed by atoms with Crippen LogP contribution in [0.3, 0.4) is 0 Å². The van der Waals surface area contributed by atoms with Gasteiger partial charge in [0, 0.05) is 17.8 Å². The molecule has 0 bridgehead atoms. The van der Waals surface area contributed by atoms with Crippen LogP contribution in [0.25, 0.3) is 6.08 Å². The second kappa shape index (κ2) is 7.24. The van der Waals surface area contributed by atoms with Gasteiger partial charge in [-0.1, -0.05) is 12.1 Å². The molecule has 0 aliphatic heterocycles. The van der Waals surface area contributed by atoms with Crippen LogP contribution in [0.15, 0.2) is 47.2 Å². The first-order chi connectivity index (χ1) is 11.2. The third-order valence-electron chi connectivity index (χ3n) is 3.50. The molecule has 1 aromatic heterocycles. The number of benzene rings is 1. The highest BCUT2D eigenvalue weighted by atomic mass is 32.1. The van der Waals surface area contributed by atoms with Crippen molar-refractivity contribution in [1.82, 2.24) is 5.32 Å². The summed E-state index contributed by atoms with van der Waals surface area (Å²) in [6.07, 6.45) is 5.86. The molecule has 1 aromatic carbocycles. The summed E-state index contributed by atoms with van der Waals surface area (Å²) in [5, 5.41) is 9.71. The van der Waals surface area contributed by atoms with Gasteiger partial charge in [0.2, 0.25) is 11.8 Å². The molecule has 23 heavy (non-hydrogen) atoms. The van der Waals surface area contributed by atoms with Gasteiger partial charge in [0.05, 0.1) is 6.42 Å². The normalized spacial score (nSPS) is 13.9. The predicted molar refractivity (Wildman–Crippen MR) is 93.3 cm³/mol. The Morgan fingerprint density at radius 1 is 1.17 bits per heavy atom. The number of carbonyl (C=O) groups excluding carboxylic acids is 2. The van der Waals surface area contributed by atoms with E-state index in [1.807, 2.05) is 41.1 Å². The molecule has 0 spiro atoms. The van der Waals surface area contributed by atoms with E-state index in [-0.39, 0.29) is 11.8 Å². The molecule has 0 atom stereocenters. The van der Waals surface area contributed by atoms with Crippen LogP contribution in [-0.4, -0.2) is 17.9 Å². The highest BCUT2D eigenvalue weighted by Gasteiger charge is 2.22. The van der Waals surface area contributed by atoms with Gasteiger partial charge in [-0.3, -0.25) is 9.59 Å². The van der Waals surface area contributed by atoms with Crippen LogP contribution >= 0.6 is 11.3 Å². The van der Waals surface area contributed by atoms with Gasteiger partial charge in [0.25, 0.3) is 0 Å². The maximum Gasteiger partial charge on any atom is 0.248 e. The molecule has 1 heterocycles. The molecule has 2 N–H and O–H groups in total. The molecule has 1 aliphatic rings. The molecule has 1 fully saturated rings. The summed E-state index contributed by atoms with van der Waals surface area (Å²) in [5.74, 6) is -0.113. The lowest BCUT2D eigenvalue weighted by Gasteiger charge is -2.05. The number of hydrogen-bond acceptors (Lipinski definition) is 3. The van der Waals surface area contributed by atoms with Gasteiger partial charge in [0.1, 0.15) is 0 Å². The molecule has 2 amide bonds. The minimum absolute atomic E-state index is 0.0583. The zero-order valence-corrected chi connectivity index (χ0v) is 13.4. The Hall–Kier alpha value is -2.40. The molecule has 0 saturated heterocycles. The number of thiophene rings is 1. The average Bonchev–Trinajstić information content (AvgIpc) is 3.18. The monoisotopic (exact) mass is 326 g/mol. The average molecular weight is 326 g/mol. The smallest absolute Gasteiger partial charge is 0.248 e. The van der Waals surface area contributed by atoms with Crippen LogP contribution in [0, 0.1) is 0 Å².